The van der Waals surface area contributed by atoms with E-state index in [2.05, 4.69) is 28.8 Å². The summed E-state index contributed by atoms with van der Waals surface area (Å²) in [6.45, 7) is 3.72. The first-order chi connectivity index (χ1) is 14.8. The number of carbonyl (C=O) groups is 1. The molecule has 0 aliphatic carbocycles. The van der Waals surface area contributed by atoms with E-state index in [1.165, 1.54) is 12.4 Å². The topological polar surface area (TPSA) is 125 Å². The van der Waals surface area contributed by atoms with Crippen LogP contribution in [0.2, 0.25) is 0 Å². The van der Waals surface area contributed by atoms with Crippen molar-refractivity contribution in [1.29, 1.82) is 0 Å². The number of aliphatic hydroxyl groups is 1. The maximum absolute atomic E-state index is 15.7. The van der Waals surface area contributed by atoms with Crippen LogP contribution in [0.5, 0.6) is 0 Å². The number of rotatable bonds is 5. The SMILES string of the molecule is C[I-]NC(=O)Nc1nc2c([C@H]3CCCO3)c(F)c(-c3cnc(C(C)(C)O)nc3)cc2[nH]1. The second-order valence-electron chi connectivity index (χ2n) is 7.73. The van der Waals surface area contributed by atoms with Gasteiger partial charge in [0.05, 0.1) is 0 Å². The molecule has 4 rings (SSSR count). The molecule has 2 amide bonds. The number of benzene rings is 1. The average Bonchev–Trinajstić information content (AvgIpc) is 3.37. The normalized spacial score (nSPS) is 16.7. The number of urea groups is 1. The van der Waals surface area contributed by atoms with Crippen LogP contribution >= 0.6 is 0 Å². The van der Waals surface area contributed by atoms with E-state index in [0.717, 1.165) is 6.42 Å². The molecule has 1 aliphatic heterocycles. The minimum atomic E-state index is -1.20. The van der Waals surface area contributed by atoms with Gasteiger partial charge in [0, 0.05) is 0 Å². The fourth-order valence-corrected chi connectivity index (χ4v) is 4.15. The van der Waals surface area contributed by atoms with E-state index in [9.17, 15) is 9.90 Å². The van der Waals surface area contributed by atoms with Crippen molar-refractivity contribution in [3.8, 4) is 11.1 Å². The van der Waals surface area contributed by atoms with Gasteiger partial charge in [-0.3, -0.25) is 0 Å². The van der Waals surface area contributed by atoms with Crippen molar-refractivity contribution in [3.63, 3.8) is 0 Å². The Kier molecular flexibility index (Phi) is 6.08. The molecule has 166 valence electrons. The number of hydrogen-bond donors (Lipinski definition) is 4. The molecule has 1 fully saturated rings. The Bertz CT molecular complexity index is 1110. The van der Waals surface area contributed by atoms with Crippen LogP contribution in [0.3, 0.4) is 0 Å². The van der Waals surface area contributed by atoms with Gasteiger partial charge in [0.25, 0.3) is 0 Å². The Balaban J connectivity index is 1.82. The van der Waals surface area contributed by atoms with Crippen LogP contribution in [-0.2, 0) is 10.3 Å². The van der Waals surface area contributed by atoms with Crippen molar-refractivity contribution in [2.24, 2.45) is 0 Å². The van der Waals surface area contributed by atoms with Gasteiger partial charge in [-0.15, -0.1) is 0 Å². The van der Waals surface area contributed by atoms with Gasteiger partial charge in [-0.25, -0.2) is 0 Å². The second-order valence-corrected chi connectivity index (χ2v) is 9.35. The summed E-state index contributed by atoms with van der Waals surface area (Å²) >= 11 is -0.438. The summed E-state index contributed by atoms with van der Waals surface area (Å²) in [6.07, 6.45) is 4.05. The zero-order valence-electron chi connectivity index (χ0n) is 17.3. The molecule has 3 heterocycles. The summed E-state index contributed by atoms with van der Waals surface area (Å²) in [7, 11) is 0. The summed E-state index contributed by atoms with van der Waals surface area (Å²) in [5.74, 6) is 0.0187. The molecule has 1 aromatic carbocycles. The van der Waals surface area contributed by atoms with E-state index in [-0.39, 0.29) is 17.8 Å². The number of nitrogens with one attached hydrogen (secondary N) is 3. The van der Waals surface area contributed by atoms with Gasteiger partial charge in [-0.2, -0.15) is 0 Å². The molecule has 1 saturated heterocycles. The van der Waals surface area contributed by atoms with E-state index < -0.39 is 39.0 Å². The Hall–Kier alpha value is -2.38. The molecule has 9 nitrogen and oxygen atoms in total. The number of carbonyl (C=O) groups excluding carboxylic acids is 1. The molecule has 1 aliphatic rings. The number of nitrogens with zero attached hydrogens (tertiary/aromatic N) is 3. The predicted octanol–water partition coefficient (Wildman–Crippen LogP) is -0.00680. The minimum absolute atomic E-state index is 0.231. The van der Waals surface area contributed by atoms with Crippen LogP contribution in [0.15, 0.2) is 18.5 Å². The Morgan fingerprint density at radius 2 is 2.13 bits per heavy atom. The van der Waals surface area contributed by atoms with Crippen molar-refractivity contribution in [1.82, 2.24) is 23.5 Å². The van der Waals surface area contributed by atoms with E-state index in [1.807, 2.05) is 4.93 Å². The Labute approximate surface area is 188 Å². The zero-order valence-corrected chi connectivity index (χ0v) is 19.4. The predicted molar refractivity (Wildman–Crippen MR) is 108 cm³/mol. The van der Waals surface area contributed by atoms with E-state index >= 15 is 4.39 Å². The van der Waals surface area contributed by atoms with Gasteiger partial charge < -0.3 is 5.11 Å². The van der Waals surface area contributed by atoms with Gasteiger partial charge in [0.15, 0.2) is 0 Å². The molecule has 11 heteroatoms. The number of anilines is 1. The van der Waals surface area contributed by atoms with Crippen LogP contribution in [0.1, 0.15) is 44.2 Å². The number of hydrogen-bond acceptors (Lipinski definition) is 6. The quantitative estimate of drug-likeness (QED) is 0.205. The number of fused-ring (bicyclic) bond motifs is 1. The molecule has 0 bridgehead atoms. The zero-order chi connectivity index (χ0) is 22.2. The first kappa shape index (κ1) is 21.8. The molecule has 4 N–H and O–H groups in total. The maximum atomic E-state index is 15.7. The number of alkyl halides is 1. The molecular weight excluding hydrogens is 518 g/mol. The molecule has 31 heavy (non-hydrogen) atoms. The molecule has 2 aromatic heterocycles. The first-order valence-electron chi connectivity index (χ1n) is 9.72. The van der Waals surface area contributed by atoms with E-state index in [0.29, 0.717) is 40.8 Å². The molecule has 0 unspecified atom stereocenters. The molecule has 0 radical (unpaired) electrons. The molecular formula is C20H23FIN6O3-. The van der Waals surface area contributed by atoms with Crippen molar-refractivity contribution in [2.75, 3.05) is 16.9 Å². The average molecular weight is 541 g/mol. The van der Waals surface area contributed by atoms with Crippen LogP contribution in [0, 0.1) is 5.82 Å². The van der Waals surface area contributed by atoms with Crippen molar-refractivity contribution >= 4 is 23.0 Å². The summed E-state index contributed by atoms with van der Waals surface area (Å²) in [4.78, 5) is 29.7. The van der Waals surface area contributed by atoms with E-state index in [4.69, 9.17) is 4.74 Å². The summed E-state index contributed by atoms with van der Waals surface area (Å²) in [6, 6.07) is 1.26. The van der Waals surface area contributed by atoms with Crippen molar-refractivity contribution in [2.45, 2.75) is 38.4 Å². The number of aromatic nitrogens is 4. The van der Waals surface area contributed by atoms with Gasteiger partial charge >= 0.3 is 164 Å². The van der Waals surface area contributed by atoms with Crippen LogP contribution in [-0.4, -0.2) is 42.6 Å². The van der Waals surface area contributed by atoms with Crippen molar-refractivity contribution in [3.05, 3.63) is 35.7 Å². The Morgan fingerprint density at radius 1 is 1.39 bits per heavy atom. The van der Waals surface area contributed by atoms with Crippen molar-refractivity contribution < 1.29 is 40.5 Å². The van der Waals surface area contributed by atoms with Crippen LogP contribution in [0.4, 0.5) is 15.1 Å². The van der Waals surface area contributed by atoms with Crippen LogP contribution < -0.4 is 30.3 Å². The molecule has 3 aromatic rings. The van der Waals surface area contributed by atoms with Gasteiger partial charge in [0.1, 0.15) is 5.60 Å². The second kappa shape index (κ2) is 8.63. The standard InChI is InChI=1S/C20H23FIN6O3/c1-20(2,30)17-23-8-10(9-24-17)11-7-12-16(14(15(11)21)13-5-4-6-31-13)26-18(25-12)27-19(29)28-22-3/h7-9,13,30H,4-6H2,1-3H3,(H3,25,26,27,28,29)/q-1/t13-/m1/s1. The third-order valence-electron chi connectivity index (χ3n) is 4.92. The number of aromatic amines is 1. The fourth-order valence-electron chi connectivity index (χ4n) is 3.52. The van der Waals surface area contributed by atoms with Crippen LogP contribution in [0.25, 0.3) is 22.2 Å². The summed E-state index contributed by atoms with van der Waals surface area (Å²) in [5, 5.41) is 12.7. The van der Waals surface area contributed by atoms with E-state index in [1.54, 1.807) is 19.9 Å². The fraction of sp³-hybridized carbons (Fsp3) is 0.400. The third kappa shape index (κ3) is 4.48. The number of halogens is 2. The Morgan fingerprint density at radius 3 is 2.74 bits per heavy atom. The van der Waals surface area contributed by atoms with Gasteiger partial charge in [-0.05, 0) is 13.8 Å². The first-order valence-corrected chi connectivity index (χ1v) is 13.0. The monoisotopic (exact) mass is 541 g/mol. The number of ether oxygens (including phenoxy) is 1. The molecule has 0 saturated carbocycles. The van der Waals surface area contributed by atoms with Gasteiger partial charge in [0.2, 0.25) is 0 Å². The number of H-pyrrole nitrogens is 1. The van der Waals surface area contributed by atoms with Gasteiger partial charge in [-0.1, -0.05) is 0 Å². The number of imidazole rings is 1. The summed E-state index contributed by atoms with van der Waals surface area (Å²) < 4.78 is 24.2. The number of amides is 2. The third-order valence-corrected chi connectivity index (χ3v) is 5.95. The molecule has 1 atom stereocenters. The summed E-state index contributed by atoms with van der Waals surface area (Å²) in [5.41, 5.74) is 0.890. The molecule has 0 spiro atoms.